The van der Waals surface area contributed by atoms with Gasteiger partial charge in [0.25, 0.3) is 0 Å². The Hall–Kier alpha value is -1.68. The highest BCUT2D eigenvalue weighted by Gasteiger charge is 2.11. The molecule has 0 aromatic heterocycles. The maximum absolute atomic E-state index is 13.4. The SMILES string of the molecule is O=C(CSc1ccccc1)Cc1cccc(F)c1F. The van der Waals surface area contributed by atoms with E-state index in [-0.39, 0.29) is 23.5 Å². The van der Waals surface area contributed by atoms with E-state index in [0.717, 1.165) is 11.0 Å². The van der Waals surface area contributed by atoms with Crippen LogP contribution in [-0.2, 0) is 11.2 Å². The van der Waals surface area contributed by atoms with Crippen LogP contribution in [-0.4, -0.2) is 11.5 Å². The monoisotopic (exact) mass is 278 g/mol. The van der Waals surface area contributed by atoms with Crippen molar-refractivity contribution >= 4 is 17.5 Å². The molecule has 0 fully saturated rings. The lowest BCUT2D eigenvalue weighted by molar-refractivity contribution is -0.116. The van der Waals surface area contributed by atoms with Gasteiger partial charge in [0.2, 0.25) is 0 Å². The summed E-state index contributed by atoms with van der Waals surface area (Å²) in [5, 5.41) is 0. The molecule has 0 aliphatic heterocycles. The molecule has 0 aliphatic rings. The summed E-state index contributed by atoms with van der Waals surface area (Å²) in [6, 6.07) is 13.4. The minimum absolute atomic E-state index is 0.0799. The van der Waals surface area contributed by atoms with Crippen LogP contribution < -0.4 is 0 Å². The Bertz CT molecular complexity index is 570. The van der Waals surface area contributed by atoms with Gasteiger partial charge < -0.3 is 0 Å². The average molecular weight is 278 g/mol. The van der Waals surface area contributed by atoms with Gasteiger partial charge in [-0.25, -0.2) is 8.78 Å². The summed E-state index contributed by atoms with van der Waals surface area (Å²) in [5.74, 6) is -1.72. The van der Waals surface area contributed by atoms with Crippen LogP contribution in [0, 0.1) is 11.6 Å². The van der Waals surface area contributed by atoms with E-state index >= 15 is 0 Å². The Morgan fingerprint density at radius 2 is 1.74 bits per heavy atom. The highest BCUT2D eigenvalue weighted by atomic mass is 32.2. The molecule has 0 unspecified atom stereocenters. The molecular weight excluding hydrogens is 266 g/mol. The molecule has 0 N–H and O–H groups in total. The first-order valence-corrected chi connectivity index (χ1v) is 6.78. The first kappa shape index (κ1) is 13.7. The number of carbonyl (C=O) groups excluding carboxylic acids is 1. The van der Waals surface area contributed by atoms with Crippen molar-refractivity contribution < 1.29 is 13.6 Å². The van der Waals surface area contributed by atoms with Gasteiger partial charge in [0.1, 0.15) is 5.78 Å². The third kappa shape index (κ3) is 3.89. The van der Waals surface area contributed by atoms with E-state index in [2.05, 4.69) is 0 Å². The van der Waals surface area contributed by atoms with Crippen LogP contribution >= 0.6 is 11.8 Å². The second kappa shape index (κ2) is 6.48. The fraction of sp³-hybridized carbons (Fsp3) is 0.133. The highest BCUT2D eigenvalue weighted by molar-refractivity contribution is 8.00. The molecule has 0 heterocycles. The summed E-state index contributed by atoms with van der Waals surface area (Å²) < 4.78 is 26.4. The third-order valence-corrected chi connectivity index (χ3v) is 3.63. The van der Waals surface area contributed by atoms with Crippen LogP contribution in [0.25, 0.3) is 0 Å². The van der Waals surface area contributed by atoms with Crippen LogP contribution in [0.1, 0.15) is 5.56 Å². The van der Waals surface area contributed by atoms with Gasteiger partial charge >= 0.3 is 0 Å². The number of halogens is 2. The molecule has 0 spiro atoms. The van der Waals surface area contributed by atoms with Crippen LogP contribution in [0.3, 0.4) is 0 Å². The van der Waals surface area contributed by atoms with Crippen molar-refractivity contribution in [2.45, 2.75) is 11.3 Å². The summed E-state index contributed by atoms with van der Waals surface area (Å²) in [6.07, 6.45) is -0.0799. The zero-order valence-corrected chi connectivity index (χ0v) is 10.9. The van der Waals surface area contributed by atoms with E-state index in [4.69, 9.17) is 0 Å². The number of thioether (sulfide) groups is 1. The second-order valence-corrected chi connectivity index (χ2v) is 5.08. The molecule has 1 nitrogen and oxygen atoms in total. The van der Waals surface area contributed by atoms with E-state index in [0.29, 0.717) is 0 Å². The number of Topliss-reactive ketones (excluding diaryl/α,β-unsaturated/α-hetero) is 1. The highest BCUT2D eigenvalue weighted by Crippen LogP contribution is 2.18. The minimum atomic E-state index is -0.930. The lowest BCUT2D eigenvalue weighted by Crippen LogP contribution is -2.08. The Morgan fingerprint density at radius 1 is 1.00 bits per heavy atom. The van der Waals surface area contributed by atoms with Crippen molar-refractivity contribution in [2.24, 2.45) is 0 Å². The normalized spacial score (nSPS) is 10.4. The first-order valence-electron chi connectivity index (χ1n) is 5.79. The number of ketones is 1. The number of hydrogen-bond acceptors (Lipinski definition) is 2. The number of benzene rings is 2. The van der Waals surface area contributed by atoms with Crippen LogP contribution in [0.15, 0.2) is 53.4 Å². The van der Waals surface area contributed by atoms with Gasteiger partial charge in [0, 0.05) is 11.3 Å². The van der Waals surface area contributed by atoms with Gasteiger partial charge in [-0.2, -0.15) is 0 Å². The molecule has 4 heteroatoms. The summed E-state index contributed by atoms with van der Waals surface area (Å²) in [6.45, 7) is 0. The fourth-order valence-corrected chi connectivity index (χ4v) is 2.41. The number of hydrogen-bond donors (Lipinski definition) is 0. The Morgan fingerprint density at radius 3 is 2.47 bits per heavy atom. The molecule has 19 heavy (non-hydrogen) atoms. The first-order chi connectivity index (χ1) is 9.16. The molecule has 2 aromatic carbocycles. The van der Waals surface area contributed by atoms with Gasteiger partial charge in [0.15, 0.2) is 11.6 Å². The molecule has 0 atom stereocenters. The summed E-state index contributed by atoms with van der Waals surface area (Å²) in [5.41, 5.74) is 0.110. The largest absolute Gasteiger partial charge is 0.298 e. The van der Waals surface area contributed by atoms with Gasteiger partial charge in [0.05, 0.1) is 5.75 Å². The van der Waals surface area contributed by atoms with Gasteiger partial charge in [-0.05, 0) is 23.8 Å². The predicted octanol–water partition coefficient (Wildman–Crippen LogP) is 3.87. The van der Waals surface area contributed by atoms with Gasteiger partial charge in [-0.15, -0.1) is 11.8 Å². The molecule has 0 radical (unpaired) electrons. The van der Waals surface area contributed by atoms with Crippen LogP contribution in [0.4, 0.5) is 8.78 Å². The van der Waals surface area contributed by atoms with Crippen molar-refractivity contribution in [3.05, 3.63) is 65.7 Å². The van der Waals surface area contributed by atoms with E-state index in [1.807, 2.05) is 30.3 Å². The average Bonchev–Trinajstić information content (AvgIpc) is 2.43. The predicted molar refractivity (Wildman–Crippen MR) is 72.2 cm³/mol. The quantitative estimate of drug-likeness (QED) is 0.772. The topological polar surface area (TPSA) is 17.1 Å². The summed E-state index contributed by atoms with van der Waals surface area (Å²) in [7, 11) is 0. The van der Waals surface area contributed by atoms with E-state index in [9.17, 15) is 13.6 Å². The van der Waals surface area contributed by atoms with Crippen LogP contribution in [0.5, 0.6) is 0 Å². The van der Waals surface area contributed by atoms with Crippen molar-refractivity contribution in [3.63, 3.8) is 0 Å². The van der Waals surface area contributed by atoms with E-state index in [1.54, 1.807) is 0 Å². The van der Waals surface area contributed by atoms with Crippen molar-refractivity contribution in [1.82, 2.24) is 0 Å². The van der Waals surface area contributed by atoms with Crippen LogP contribution in [0.2, 0.25) is 0 Å². The third-order valence-electron chi connectivity index (χ3n) is 2.56. The standard InChI is InChI=1S/C15H12F2OS/c16-14-8-4-5-11(15(14)17)9-12(18)10-19-13-6-2-1-3-7-13/h1-8H,9-10H2. The molecule has 2 rings (SSSR count). The summed E-state index contributed by atoms with van der Waals surface area (Å²) in [4.78, 5) is 12.7. The molecule has 0 saturated carbocycles. The van der Waals surface area contributed by atoms with E-state index < -0.39 is 11.6 Å². The molecule has 0 bridgehead atoms. The van der Waals surface area contributed by atoms with Crippen molar-refractivity contribution in [1.29, 1.82) is 0 Å². The Balaban J connectivity index is 1.93. The zero-order valence-electron chi connectivity index (χ0n) is 10.1. The minimum Gasteiger partial charge on any atom is -0.298 e. The molecule has 0 saturated heterocycles. The van der Waals surface area contributed by atoms with Crippen molar-refractivity contribution in [2.75, 3.05) is 5.75 Å². The fourth-order valence-electron chi connectivity index (χ4n) is 1.63. The maximum atomic E-state index is 13.4. The molecule has 0 amide bonds. The lowest BCUT2D eigenvalue weighted by Gasteiger charge is -2.04. The van der Waals surface area contributed by atoms with E-state index in [1.165, 1.54) is 23.9 Å². The van der Waals surface area contributed by atoms with Crippen molar-refractivity contribution in [3.8, 4) is 0 Å². The smallest absolute Gasteiger partial charge is 0.162 e. The Kier molecular flexibility index (Phi) is 4.68. The number of carbonyl (C=O) groups is 1. The summed E-state index contributed by atoms with van der Waals surface area (Å²) >= 11 is 1.39. The Labute approximate surface area is 114 Å². The second-order valence-electron chi connectivity index (χ2n) is 4.03. The lowest BCUT2D eigenvalue weighted by atomic mass is 10.1. The number of rotatable bonds is 5. The molecular formula is C15H12F2OS. The van der Waals surface area contributed by atoms with Gasteiger partial charge in [-0.3, -0.25) is 4.79 Å². The molecule has 0 aliphatic carbocycles. The molecule has 2 aromatic rings. The maximum Gasteiger partial charge on any atom is 0.162 e. The molecule has 98 valence electrons. The van der Waals surface area contributed by atoms with Gasteiger partial charge in [-0.1, -0.05) is 30.3 Å². The zero-order chi connectivity index (χ0) is 13.7.